The van der Waals surface area contributed by atoms with Crippen molar-refractivity contribution in [1.29, 1.82) is 5.26 Å². The van der Waals surface area contributed by atoms with Crippen LogP contribution in [-0.2, 0) is 9.47 Å². The van der Waals surface area contributed by atoms with Crippen molar-refractivity contribution >= 4 is 0 Å². The zero-order valence-corrected chi connectivity index (χ0v) is 7.17. The summed E-state index contributed by atoms with van der Waals surface area (Å²) in [5.41, 5.74) is 0.157. The Kier molecular flexibility index (Phi) is 1.82. The monoisotopic (exact) mass is 166 g/mol. The van der Waals surface area contributed by atoms with Crippen LogP contribution in [0.15, 0.2) is 0 Å². The number of hydrogen-bond acceptors (Lipinski definition) is 3. The lowest BCUT2D eigenvalue weighted by Gasteiger charge is -2.51. The second-order valence-electron chi connectivity index (χ2n) is 3.83. The van der Waals surface area contributed by atoms with Crippen LogP contribution < -0.4 is 0 Å². The molecule has 2 fully saturated rings. The topological polar surface area (TPSA) is 42.2 Å². The molecule has 0 aromatic rings. The predicted octanol–water partition coefficient (Wildman–Crippen LogP) is 0.910. The lowest BCUT2D eigenvalue weighted by molar-refractivity contribution is -0.204. The Morgan fingerprint density at radius 3 is 2.75 bits per heavy atom. The van der Waals surface area contributed by atoms with E-state index in [9.17, 15) is 0 Å². The highest BCUT2D eigenvalue weighted by atomic mass is 16.5. The first kappa shape index (κ1) is 8.03. The maximum Gasteiger partial charge on any atom is 0.0768 e. The van der Waals surface area contributed by atoms with Gasteiger partial charge in [-0.25, -0.2) is 0 Å². The molecule has 0 aromatic heterocycles. The van der Waals surface area contributed by atoms with E-state index in [1.54, 1.807) is 0 Å². The Hall–Kier alpha value is -0.590. The molecule has 0 aliphatic carbocycles. The third-order valence-corrected chi connectivity index (χ3v) is 2.61. The molecule has 1 atom stereocenters. The molecule has 0 bridgehead atoms. The van der Waals surface area contributed by atoms with Gasteiger partial charge in [0.25, 0.3) is 0 Å². The van der Waals surface area contributed by atoms with Crippen molar-refractivity contribution in [3.63, 3.8) is 0 Å². The molecule has 3 nitrogen and oxygen atoms in total. The van der Waals surface area contributed by atoms with Crippen LogP contribution in [0.2, 0.25) is 0 Å². The molecule has 65 valence electrons. The second kappa shape index (κ2) is 2.72. The van der Waals surface area contributed by atoms with Gasteiger partial charge in [0.15, 0.2) is 0 Å². The fourth-order valence-corrected chi connectivity index (χ4v) is 1.80. The average Bonchev–Trinajstić information content (AvgIpc) is 1.95. The zero-order chi connectivity index (χ0) is 8.60. The van der Waals surface area contributed by atoms with E-state index in [-0.39, 0.29) is 11.5 Å². The Labute approximate surface area is 72.3 Å². The van der Waals surface area contributed by atoms with Gasteiger partial charge in [0, 0.05) is 17.8 Å². The van der Waals surface area contributed by atoms with Crippen LogP contribution in [0.25, 0.3) is 0 Å². The SMILES string of the molecule is CC1(C2OC[C]2CC#N)COC1. The summed E-state index contributed by atoms with van der Waals surface area (Å²) >= 11 is 0. The summed E-state index contributed by atoms with van der Waals surface area (Å²) in [6.45, 7) is 4.37. The summed E-state index contributed by atoms with van der Waals surface area (Å²) in [6.07, 6.45) is 0.728. The first-order valence-electron chi connectivity index (χ1n) is 4.17. The maximum absolute atomic E-state index is 8.52. The summed E-state index contributed by atoms with van der Waals surface area (Å²) in [7, 11) is 0. The minimum atomic E-state index is 0.157. The number of ether oxygens (including phenoxy) is 2. The van der Waals surface area contributed by atoms with Gasteiger partial charge in [-0.3, -0.25) is 0 Å². The van der Waals surface area contributed by atoms with Gasteiger partial charge in [0.05, 0.1) is 32.0 Å². The normalized spacial score (nSPS) is 33.2. The van der Waals surface area contributed by atoms with E-state index < -0.39 is 0 Å². The molecule has 0 aromatic carbocycles. The Balaban J connectivity index is 1.93. The quantitative estimate of drug-likeness (QED) is 0.612. The third-order valence-electron chi connectivity index (χ3n) is 2.61. The lowest BCUT2D eigenvalue weighted by atomic mass is 9.73. The van der Waals surface area contributed by atoms with E-state index >= 15 is 0 Å². The summed E-state index contributed by atoms with van der Waals surface area (Å²) in [4.78, 5) is 0. The standard InChI is InChI=1S/C9H12NO2/c1-9(5-11-6-9)8-7(2-3-10)4-12-8/h8H,2,4-6H2,1H3. The van der Waals surface area contributed by atoms with Gasteiger partial charge < -0.3 is 9.47 Å². The van der Waals surface area contributed by atoms with Crippen molar-refractivity contribution in [1.82, 2.24) is 0 Å². The fraction of sp³-hybridized carbons (Fsp3) is 0.778. The predicted molar refractivity (Wildman–Crippen MR) is 42.1 cm³/mol. The van der Waals surface area contributed by atoms with Gasteiger partial charge in [0.2, 0.25) is 0 Å². The van der Waals surface area contributed by atoms with Crippen molar-refractivity contribution in [3.8, 4) is 6.07 Å². The van der Waals surface area contributed by atoms with Crippen molar-refractivity contribution in [2.75, 3.05) is 19.8 Å². The highest BCUT2D eigenvalue weighted by Gasteiger charge is 2.50. The van der Waals surface area contributed by atoms with Crippen LogP contribution in [0.4, 0.5) is 0 Å². The largest absolute Gasteiger partial charge is 0.380 e. The Morgan fingerprint density at radius 1 is 1.67 bits per heavy atom. The average molecular weight is 166 g/mol. The van der Waals surface area contributed by atoms with Crippen LogP contribution in [0.1, 0.15) is 13.3 Å². The summed E-state index contributed by atoms with van der Waals surface area (Å²) < 4.78 is 10.6. The van der Waals surface area contributed by atoms with Gasteiger partial charge in [-0.2, -0.15) is 5.26 Å². The molecule has 0 amide bonds. The van der Waals surface area contributed by atoms with Crippen molar-refractivity contribution in [2.45, 2.75) is 19.4 Å². The molecule has 2 aliphatic heterocycles. The first-order valence-corrected chi connectivity index (χ1v) is 4.17. The van der Waals surface area contributed by atoms with Gasteiger partial charge in [-0.1, -0.05) is 6.92 Å². The van der Waals surface area contributed by atoms with Crippen molar-refractivity contribution in [2.24, 2.45) is 5.41 Å². The molecule has 3 heteroatoms. The molecule has 2 aliphatic rings. The molecule has 2 saturated heterocycles. The molecule has 2 heterocycles. The van der Waals surface area contributed by atoms with Gasteiger partial charge in [-0.05, 0) is 0 Å². The third kappa shape index (κ3) is 1.03. The van der Waals surface area contributed by atoms with Crippen LogP contribution >= 0.6 is 0 Å². The van der Waals surface area contributed by atoms with E-state index in [1.165, 1.54) is 5.92 Å². The molecule has 1 radical (unpaired) electrons. The lowest BCUT2D eigenvalue weighted by Crippen LogP contribution is -2.58. The second-order valence-corrected chi connectivity index (χ2v) is 3.83. The number of nitrogens with zero attached hydrogens (tertiary/aromatic N) is 1. The maximum atomic E-state index is 8.52. The molecule has 12 heavy (non-hydrogen) atoms. The van der Waals surface area contributed by atoms with Gasteiger partial charge in [-0.15, -0.1) is 0 Å². The molecule has 0 N–H and O–H groups in total. The van der Waals surface area contributed by atoms with Crippen LogP contribution in [0.5, 0.6) is 0 Å². The smallest absolute Gasteiger partial charge is 0.0768 e. The van der Waals surface area contributed by atoms with Crippen LogP contribution in [-0.4, -0.2) is 25.9 Å². The highest BCUT2D eigenvalue weighted by molar-refractivity contribution is 5.16. The molecular weight excluding hydrogens is 154 g/mol. The van der Waals surface area contributed by atoms with E-state index in [4.69, 9.17) is 14.7 Å². The molecule has 1 unspecified atom stereocenters. The van der Waals surface area contributed by atoms with E-state index in [1.807, 2.05) is 0 Å². The van der Waals surface area contributed by atoms with E-state index in [0.29, 0.717) is 13.0 Å². The minimum absolute atomic E-state index is 0.157. The Bertz CT molecular complexity index is 217. The highest BCUT2D eigenvalue weighted by Crippen LogP contribution is 2.43. The van der Waals surface area contributed by atoms with E-state index in [0.717, 1.165) is 13.2 Å². The number of rotatable bonds is 2. The van der Waals surface area contributed by atoms with Crippen molar-refractivity contribution in [3.05, 3.63) is 5.92 Å². The van der Waals surface area contributed by atoms with Crippen LogP contribution in [0, 0.1) is 22.7 Å². The van der Waals surface area contributed by atoms with Gasteiger partial charge in [0.1, 0.15) is 0 Å². The first-order chi connectivity index (χ1) is 5.76. The van der Waals surface area contributed by atoms with E-state index in [2.05, 4.69) is 13.0 Å². The molecular formula is C9H12NO2. The zero-order valence-electron chi connectivity index (χ0n) is 7.17. The molecule has 2 rings (SSSR count). The number of nitriles is 1. The summed E-state index contributed by atoms with van der Waals surface area (Å²) in [5, 5.41) is 8.52. The summed E-state index contributed by atoms with van der Waals surface area (Å²) in [6, 6.07) is 2.16. The van der Waals surface area contributed by atoms with Gasteiger partial charge >= 0.3 is 0 Å². The summed E-state index contributed by atoms with van der Waals surface area (Å²) in [5.74, 6) is 1.24. The molecule has 0 spiro atoms. The molecule has 0 saturated carbocycles. The van der Waals surface area contributed by atoms with Crippen molar-refractivity contribution < 1.29 is 9.47 Å². The fourth-order valence-electron chi connectivity index (χ4n) is 1.80. The Morgan fingerprint density at radius 2 is 2.42 bits per heavy atom. The number of hydrogen-bond donors (Lipinski definition) is 0. The minimum Gasteiger partial charge on any atom is -0.380 e. The van der Waals surface area contributed by atoms with Crippen LogP contribution in [0.3, 0.4) is 0 Å².